The number of hydrogen-bond acceptors (Lipinski definition) is 11. The second kappa shape index (κ2) is 17.1. The Hall–Kier alpha value is -3.87. The molecule has 3 aromatic rings. The Balaban J connectivity index is 1.32. The lowest BCUT2D eigenvalue weighted by molar-refractivity contribution is 0.0511. The zero-order valence-corrected chi connectivity index (χ0v) is 23.5. The number of rotatable bonds is 17. The van der Waals surface area contributed by atoms with E-state index < -0.39 is 0 Å². The number of nitrogens with zero attached hydrogens (tertiary/aromatic N) is 4. The first-order valence-electron chi connectivity index (χ1n) is 14.3. The maximum absolute atomic E-state index is 12.5. The zero-order chi connectivity index (χ0) is 28.5. The van der Waals surface area contributed by atoms with E-state index >= 15 is 0 Å². The maximum atomic E-state index is 12.5. The number of amides is 1. The molecule has 12 heteroatoms. The van der Waals surface area contributed by atoms with Gasteiger partial charge < -0.3 is 36.5 Å². The van der Waals surface area contributed by atoms with E-state index in [0.29, 0.717) is 75.4 Å². The van der Waals surface area contributed by atoms with Gasteiger partial charge >= 0.3 is 0 Å². The summed E-state index contributed by atoms with van der Waals surface area (Å²) in [6.07, 6.45) is 8.09. The van der Waals surface area contributed by atoms with Crippen LogP contribution in [-0.2, 0) is 16.0 Å². The van der Waals surface area contributed by atoms with Gasteiger partial charge in [-0.05, 0) is 55.2 Å². The van der Waals surface area contributed by atoms with Gasteiger partial charge in [-0.1, -0.05) is 25.3 Å². The second-order valence-electron chi connectivity index (χ2n) is 9.84. The Morgan fingerprint density at radius 1 is 0.854 bits per heavy atom. The minimum atomic E-state index is -0.171. The number of hydrogen-bond donors (Lipinski definition) is 5. The van der Waals surface area contributed by atoms with E-state index in [1.165, 1.54) is 32.1 Å². The summed E-state index contributed by atoms with van der Waals surface area (Å²) in [6, 6.07) is 12.9. The average Bonchev–Trinajstić information content (AvgIpc) is 3.01. The van der Waals surface area contributed by atoms with Crippen molar-refractivity contribution in [2.75, 3.05) is 62.0 Å². The molecular weight excluding hydrogens is 522 g/mol. The molecule has 0 atom stereocenters. The highest BCUT2D eigenvalue weighted by atomic mass is 16.5. The Morgan fingerprint density at radius 2 is 1.59 bits per heavy atom. The molecule has 41 heavy (non-hydrogen) atoms. The van der Waals surface area contributed by atoms with Gasteiger partial charge in [0.05, 0.1) is 38.7 Å². The van der Waals surface area contributed by atoms with Gasteiger partial charge in [0.1, 0.15) is 0 Å². The predicted octanol–water partition coefficient (Wildman–Crippen LogP) is 3.34. The quantitative estimate of drug-likeness (QED) is 0.153. The summed E-state index contributed by atoms with van der Waals surface area (Å²) in [4.78, 5) is 30.6. The Labute approximate surface area is 241 Å². The van der Waals surface area contributed by atoms with Crippen LogP contribution in [0.5, 0.6) is 0 Å². The monoisotopic (exact) mass is 563 g/mol. The number of carbonyl (C=O) groups excluding carboxylic acids is 1. The van der Waals surface area contributed by atoms with Crippen molar-refractivity contribution in [3.63, 3.8) is 0 Å². The van der Waals surface area contributed by atoms with Crippen molar-refractivity contribution in [1.82, 2.24) is 25.3 Å². The minimum Gasteiger partial charge on any atom is -0.378 e. The molecule has 1 aliphatic carbocycles. The van der Waals surface area contributed by atoms with Crippen LogP contribution in [0.4, 0.5) is 23.5 Å². The van der Waals surface area contributed by atoms with Crippen molar-refractivity contribution in [1.29, 1.82) is 0 Å². The topological polar surface area (TPSA) is 161 Å². The van der Waals surface area contributed by atoms with Gasteiger partial charge in [0.2, 0.25) is 17.8 Å². The summed E-state index contributed by atoms with van der Waals surface area (Å²) in [7, 11) is 0. The molecule has 2 heterocycles. The zero-order valence-electron chi connectivity index (χ0n) is 23.5. The summed E-state index contributed by atoms with van der Waals surface area (Å²) in [5.41, 5.74) is 7.55. The number of benzene rings is 1. The van der Waals surface area contributed by atoms with E-state index in [1.54, 1.807) is 18.3 Å². The summed E-state index contributed by atoms with van der Waals surface area (Å²) in [5, 5.41) is 12.8. The molecule has 1 amide bonds. The standard InChI is InChI=1S/C29H41N9O3/c30-13-16-40-18-19-41-17-15-32-26(39)23-9-11-24(12-10-23)35-29-37-27(33-20-22-6-2-1-3-7-22)36-28(38-29)34-21-25-8-4-5-14-31-25/h4-5,8-12,14,22H,1-3,6-7,13,15-21,30H2,(H,32,39)(H3,33,34,35,36,37,38). The van der Waals surface area contributed by atoms with Crippen molar-refractivity contribution in [3.8, 4) is 0 Å². The largest absolute Gasteiger partial charge is 0.378 e. The lowest BCUT2D eigenvalue weighted by Crippen LogP contribution is -2.27. The number of pyridine rings is 1. The van der Waals surface area contributed by atoms with Gasteiger partial charge in [0.15, 0.2) is 0 Å². The van der Waals surface area contributed by atoms with Gasteiger partial charge in [0.25, 0.3) is 5.91 Å². The molecule has 1 fully saturated rings. The molecule has 1 saturated carbocycles. The number of nitrogens with two attached hydrogens (primary N) is 1. The third-order valence-electron chi connectivity index (χ3n) is 6.63. The van der Waals surface area contributed by atoms with Gasteiger partial charge in [-0.25, -0.2) is 0 Å². The molecule has 6 N–H and O–H groups in total. The average molecular weight is 564 g/mol. The molecule has 1 aliphatic rings. The summed E-state index contributed by atoms with van der Waals surface area (Å²) >= 11 is 0. The fourth-order valence-electron chi connectivity index (χ4n) is 4.47. The number of anilines is 4. The van der Waals surface area contributed by atoms with Crippen LogP contribution in [0, 0.1) is 5.92 Å². The van der Waals surface area contributed by atoms with Crippen LogP contribution in [0.25, 0.3) is 0 Å². The molecule has 0 aliphatic heterocycles. The normalized spacial score (nSPS) is 13.5. The lowest BCUT2D eigenvalue weighted by atomic mass is 9.89. The van der Waals surface area contributed by atoms with Crippen molar-refractivity contribution in [2.24, 2.45) is 11.7 Å². The SMILES string of the molecule is NCCOCCOCCNC(=O)c1ccc(Nc2nc(NCc3ccccn3)nc(NCC3CCCCC3)n2)cc1. The van der Waals surface area contributed by atoms with Crippen LogP contribution in [0.2, 0.25) is 0 Å². The van der Waals surface area contributed by atoms with Crippen molar-refractivity contribution in [3.05, 3.63) is 59.9 Å². The Kier molecular flexibility index (Phi) is 12.5. The fraction of sp³-hybridized carbons (Fsp3) is 0.483. The van der Waals surface area contributed by atoms with E-state index in [2.05, 4.69) is 41.2 Å². The molecule has 4 rings (SSSR count). The van der Waals surface area contributed by atoms with Gasteiger partial charge in [-0.15, -0.1) is 0 Å². The number of carbonyl (C=O) groups is 1. The van der Waals surface area contributed by atoms with E-state index in [-0.39, 0.29) is 5.91 Å². The van der Waals surface area contributed by atoms with Crippen LogP contribution in [0.3, 0.4) is 0 Å². The first kappa shape index (κ1) is 30.1. The number of nitrogens with one attached hydrogen (secondary N) is 4. The predicted molar refractivity (Wildman–Crippen MR) is 159 cm³/mol. The van der Waals surface area contributed by atoms with Gasteiger partial charge in [0, 0.05) is 37.1 Å². The lowest BCUT2D eigenvalue weighted by Gasteiger charge is -2.21. The first-order chi connectivity index (χ1) is 20.2. The minimum absolute atomic E-state index is 0.171. The number of ether oxygens (including phenoxy) is 2. The van der Waals surface area contributed by atoms with E-state index in [9.17, 15) is 4.79 Å². The fourth-order valence-corrected chi connectivity index (χ4v) is 4.47. The molecule has 0 saturated heterocycles. The maximum Gasteiger partial charge on any atom is 0.251 e. The molecule has 220 valence electrons. The summed E-state index contributed by atoms with van der Waals surface area (Å²) in [5.74, 6) is 1.82. The molecule has 2 aromatic heterocycles. The molecule has 1 aromatic carbocycles. The third kappa shape index (κ3) is 10.9. The molecule has 12 nitrogen and oxygen atoms in total. The second-order valence-corrected chi connectivity index (χ2v) is 9.84. The highest BCUT2D eigenvalue weighted by molar-refractivity contribution is 5.94. The third-order valence-corrected chi connectivity index (χ3v) is 6.63. The molecule has 0 bridgehead atoms. The van der Waals surface area contributed by atoms with Gasteiger partial charge in [-0.3, -0.25) is 9.78 Å². The summed E-state index contributed by atoms with van der Waals surface area (Å²) < 4.78 is 10.7. The summed E-state index contributed by atoms with van der Waals surface area (Å²) in [6.45, 7) is 4.09. The van der Waals surface area contributed by atoms with E-state index in [4.69, 9.17) is 15.2 Å². The van der Waals surface area contributed by atoms with Gasteiger partial charge in [-0.2, -0.15) is 15.0 Å². The smallest absolute Gasteiger partial charge is 0.251 e. The molecule has 0 radical (unpaired) electrons. The van der Waals surface area contributed by atoms with Crippen LogP contribution in [-0.4, -0.2) is 71.9 Å². The van der Waals surface area contributed by atoms with Crippen LogP contribution >= 0.6 is 0 Å². The number of aromatic nitrogens is 4. The van der Waals surface area contributed by atoms with Crippen LogP contribution < -0.4 is 27.0 Å². The van der Waals surface area contributed by atoms with Crippen LogP contribution in [0.15, 0.2) is 48.7 Å². The Bertz CT molecular complexity index is 1180. The first-order valence-corrected chi connectivity index (χ1v) is 14.3. The molecular formula is C29H41N9O3. The van der Waals surface area contributed by atoms with Crippen molar-refractivity contribution < 1.29 is 14.3 Å². The molecule has 0 spiro atoms. The highest BCUT2D eigenvalue weighted by Crippen LogP contribution is 2.24. The van der Waals surface area contributed by atoms with Crippen molar-refractivity contribution >= 4 is 29.4 Å². The van der Waals surface area contributed by atoms with E-state index in [1.807, 2.05) is 30.3 Å². The molecule has 0 unspecified atom stereocenters. The van der Waals surface area contributed by atoms with Crippen molar-refractivity contribution in [2.45, 2.75) is 38.6 Å². The Morgan fingerprint density at radius 3 is 2.32 bits per heavy atom. The van der Waals surface area contributed by atoms with Crippen LogP contribution in [0.1, 0.15) is 48.2 Å². The van der Waals surface area contributed by atoms with E-state index in [0.717, 1.165) is 17.9 Å². The highest BCUT2D eigenvalue weighted by Gasteiger charge is 2.15.